The number of hydrogen-bond donors (Lipinski definition) is 2. The van der Waals surface area contributed by atoms with E-state index in [2.05, 4.69) is 4.98 Å². The molecule has 0 aliphatic carbocycles. The molecule has 0 saturated carbocycles. The molecule has 0 spiro atoms. The van der Waals surface area contributed by atoms with Gasteiger partial charge in [-0.25, -0.2) is 0 Å². The van der Waals surface area contributed by atoms with Crippen LogP contribution in [0.2, 0.25) is 0 Å². The summed E-state index contributed by atoms with van der Waals surface area (Å²) < 4.78 is 0. The van der Waals surface area contributed by atoms with Crippen molar-refractivity contribution in [2.45, 2.75) is 12.5 Å². The third-order valence-electron chi connectivity index (χ3n) is 3.33. The first-order chi connectivity index (χ1) is 8.25. The lowest BCUT2D eigenvalue weighted by atomic mass is 10.1. The summed E-state index contributed by atoms with van der Waals surface area (Å²) in [6.45, 7) is 1.43. The van der Waals surface area contributed by atoms with Crippen LogP contribution < -0.4 is 5.73 Å². The second-order valence-electron chi connectivity index (χ2n) is 4.55. The Kier molecular flexibility index (Phi) is 2.37. The van der Waals surface area contributed by atoms with E-state index < -0.39 is 0 Å². The van der Waals surface area contributed by atoms with E-state index in [4.69, 9.17) is 5.73 Å². The fourth-order valence-electron chi connectivity index (χ4n) is 2.39. The van der Waals surface area contributed by atoms with Gasteiger partial charge >= 0.3 is 0 Å². The van der Waals surface area contributed by atoms with E-state index in [0.717, 1.165) is 29.4 Å². The highest BCUT2D eigenvalue weighted by molar-refractivity contribution is 6.06. The average Bonchev–Trinajstić information content (AvgIpc) is 2.94. The quantitative estimate of drug-likeness (QED) is 0.775. The lowest BCUT2D eigenvalue weighted by Crippen LogP contribution is -2.31. The number of rotatable bonds is 1. The Morgan fingerprint density at radius 3 is 3.00 bits per heavy atom. The zero-order chi connectivity index (χ0) is 11.8. The molecule has 3 rings (SSSR count). The molecular weight excluding hydrogens is 214 g/mol. The summed E-state index contributed by atoms with van der Waals surface area (Å²) in [5.41, 5.74) is 7.57. The molecule has 3 N–H and O–H groups in total. The largest absolute Gasteiger partial charge is 0.360 e. The Hall–Kier alpha value is -1.81. The molecule has 0 bridgehead atoms. The number of carbonyl (C=O) groups excluding carboxylic acids is 1. The lowest BCUT2D eigenvalue weighted by Gasteiger charge is -2.14. The van der Waals surface area contributed by atoms with Crippen LogP contribution in [0.5, 0.6) is 0 Å². The normalized spacial score (nSPS) is 20.1. The number of likely N-dealkylation sites (tertiary alicyclic amines) is 1. The molecule has 1 saturated heterocycles. The van der Waals surface area contributed by atoms with Crippen LogP contribution in [0.25, 0.3) is 10.9 Å². The molecule has 1 aliphatic rings. The second kappa shape index (κ2) is 3.89. The summed E-state index contributed by atoms with van der Waals surface area (Å²) in [5.74, 6) is 0.0791. The molecule has 4 nitrogen and oxygen atoms in total. The van der Waals surface area contributed by atoms with Gasteiger partial charge in [-0.15, -0.1) is 0 Å². The number of nitrogens with two attached hydrogens (primary N) is 1. The molecular formula is C13H15N3O. The smallest absolute Gasteiger partial charge is 0.256 e. The van der Waals surface area contributed by atoms with Gasteiger partial charge in [0.1, 0.15) is 0 Å². The minimum atomic E-state index is 0.0791. The van der Waals surface area contributed by atoms with Gasteiger partial charge in [0.05, 0.1) is 5.56 Å². The third kappa shape index (κ3) is 1.70. The zero-order valence-corrected chi connectivity index (χ0v) is 9.52. The number of nitrogens with one attached hydrogen (secondary N) is 1. The van der Waals surface area contributed by atoms with Gasteiger partial charge in [-0.3, -0.25) is 4.79 Å². The van der Waals surface area contributed by atoms with E-state index in [1.165, 1.54) is 0 Å². The molecule has 1 aromatic heterocycles. The van der Waals surface area contributed by atoms with Gasteiger partial charge in [0.15, 0.2) is 0 Å². The van der Waals surface area contributed by atoms with E-state index in [1.807, 2.05) is 29.2 Å². The number of aromatic nitrogens is 1. The van der Waals surface area contributed by atoms with Crippen molar-refractivity contribution in [1.82, 2.24) is 9.88 Å². The van der Waals surface area contributed by atoms with Crippen molar-refractivity contribution in [3.05, 3.63) is 36.0 Å². The molecule has 1 atom stereocenters. The first-order valence-electron chi connectivity index (χ1n) is 5.86. The maximum Gasteiger partial charge on any atom is 0.256 e. The Balaban J connectivity index is 1.96. The van der Waals surface area contributed by atoms with Crippen molar-refractivity contribution in [3.8, 4) is 0 Å². The molecule has 88 valence electrons. The Labute approximate surface area is 99.4 Å². The van der Waals surface area contributed by atoms with Crippen molar-refractivity contribution in [2.75, 3.05) is 13.1 Å². The van der Waals surface area contributed by atoms with Gasteiger partial charge < -0.3 is 15.6 Å². The van der Waals surface area contributed by atoms with Crippen LogP contribution >= 0.6 is 0 Å². The summed E-state index contributed by atoms with van der Waals surface area (Å²) in [7, 11) is 0. The number of benzene rings is 1. The predicted molar refractivity (Wildman–Crippen MR) is 66.8 cm³/mol. The molecule has 1 aliphatic heterocycles. The number of aromatic amines is 1. The van der Waals surface area contributed by atoms with Crippen LogP contribution in [0, 0.1) is 0 Å². The van der Waals surface area contributed by atoms with E-state index in [1.54, 1.807) is 6.20 Å². The number of nitrogens with zero attached hydrogens (tertiary/aromatic N) is 1. The number of carbonyl (C=O) groups is 1. The Morgan fingerprint density at radius 2 is 2.24 bits per heavy atom. The van der Waals surface area contributed by atoms with Crippen LogP contribution in [0.3, 0.4) is 0 Å². The highest BCUT2D eigenvalue weighted by Gasteiger charge is 2.25. The minimum absolute atomic E-state index is 0.0791. The van der Waals surface area contributed by atoms with Crippen molar-refractivity contribution in [1.29, 1.82) is 0 Å². The predicted octanol–water partition coefficient (Wildman–Crippen LogP) is 1.34. The van der Waals surface area contributed by atoms with Crippen molar-refractivity contribution in [2.24, 2.45) is 5.73 Å². The fourth-order valence-corrected chi connectivity index (χ4v) is 2.39. The molecule has 1 amide bonds. The number of para-hydroxylation sites is 1. The highest BCUT2D eigenvalue weighted by atomic mass is 16.2. The third-order valence-corrected chi connectivity index (χ3v) is 3.33. The Morgan fingerprint density at radius 1 is 1.41 bits per heavy atom. The maximum atomic E-state index is 12.3. The summed E-state index contributed by atoms with van der Waals surface area (Å²) in [6.07, 6.45) is 2.69. The van der Waals surface area contributed by atoms with Crippen LogP contribution in [-0.4, -0.2) is 34.9 Å². The van der Waals surface area contributed by atoms with E-state index in [-0.39, 0.29) is 11.9 Å². The van der Waals surface area contributed by atoms with Crippen molar-refractivity contribution >= 4 is 16.8 Å². The SMILES string of the molecule is N[C@H]1CCN(C(=O)c2c[nH]c3ccccc23)C1. The van der Waals surface area contributed by atoms with Gasteiger partial charge in [-0.05, 0) is 12.5 Å². The fraction of sp³-hybridized carbons (Fsp3) is 0.308. The van der Waals surface area contributed by atoms with Gasteiger partial charge in [-0.1, -0.05) is 18.2 Å². The molecule has 0 radical (unpaired) electrons. The zero-order valence-electron chi connectivity index (χ0n) is 9.52. The number of amides is 1. The summed E-state index contributed by atoms with van der Waals surface area (Å²) in [5, 5.41) is 0.984. The van der Waals surface area contributed by atoms with E-state index in [0.29, 0.717) is 6.54 Å². The summed E-state index contributed by atoms with van der Waals surface area (Å²) in [6, 6.07) is 7.97. The highest BCUT2D eigenvalue weighted by Crippen LogP contribution is 2.21. The molecule has 0 unspecified atom stereocenters. The van der Waals surface area contributed by atoms with Crippen LogP contribution in [0.1, 0.15) is 16.8 Å². The molecule has 1 aromatic carbocycles. The number of hydrogen-bond acceptors (Lipinski definition) is 2. The van der Waals surface area contributed by atoms with Gasteiger partial charge in [0.2, 0.25) is 0 Å². The van der Waals surface area contributed by atoms with Crippen LogP contribution in [-0.2, 0) is 0 Å². The molecule has 17 heavy (non-hydrogen) atoms. The molecule has 2 aromatic rings. The standard InChI is InChI=1S/C13H15N3O/c14-9-5-6-16(8-9)13(17)11-7-15-12-4-2-1-3-10(11)12/h1-4,7,9,15H,5-6,8,14H2/t9-/m0/s1. The lowest BCUT2D eigenvalue weighted by molar-refractivity contribution is 0.0793. The first-order valence-corrected chi connectivity index (χ1v) is 5.86. The van der Waals surface area contributed by atoms with E-state index in [9.17, 15) is 4.79 Å². The average molecular weight is 229 g/mol. The van der Waals surface area contributed by atoms with Gasteiger partial charge in [0, 0.05) is 36.2 Å². The van der Waals surface area contributed by atoms with Crippen LogP contribution in [0.4, 0.5) is 0 Å². The summed E-state index contributed by atoms with van der Waals surface area (Å²) >= 11 is 0. The number of fused-ring (bicyclic) bond motifs is 1. The molecule has 2 heterocycles. The maximum absolute atomic E-state index is 12.3. The van der Waals surface area contributed by atoms with Gasteiger partial charge in [0.25, 0.3) is 5.91 Å². The number of H-pyrrole nitrogens is 1. The minimum Gasteiger partial charge on any atom is -0.360 e. The summed E-state index contributed by atoms with van der Waals surface area (Å²) in [4.78, 5) is 17.3. The van der Waals surface area contributed by atoms with Crippen LogP contribution in [0.15, 0.2) is 30.5 Å². The Bertz CT molecular complexity index is 561. The van der Waals surface area contributed by atoms with E-state index >= 15 is 0 Å². The van der Waals surface area contributed by atoms with Crippen molar-refractivity contribution < 1.29 is 4.79 Å². The molecule has 1 fully saturated rings. The van der Waals surface area contributed by atoms with Crippen molar-refractivity contribution in [3.63, 3.8) is 0 Å². The monoisotopic (exact) mass is 229 g/mol. The van der Waals surface area contributed by atoms with Gasteiger partial charge in [-0.2, -0.15) is 0 Å². The second-order valence-corrected chi connectivity index (χ2v) is 4.55. The first kappa shape index (κ1) is 10.4. The molecule has 4 heteroatoms. The topological polar surface area (TPSA) is 62.1 Å².